The Bertz CT molecular complexity index is 590. The average molecular weight is 281 g/mol. The summed E-state index contributed by atoms with van der Waals surface area (Å²) in [5.74, 6) is 0.925. The summed E-state index contributed by atoms with van der Waals surface area (Å²) in [4.78, 5) is 0. The molecule has 0 bridgehead atoms. The number of rotatable bonds is 7. The van der Waals surface area contributed by atoms with E-state index in [-0.39, 0.29) is 0 Å². The maximum atomic E-state index is 6.02. The van der Waals surface area contributed by atoms with Gasteiger partial charge in [0.05, 0.1) is 0 Å². The van der Waals surface area contributed by atoms with Gasteiger partial charge in [-0.2, -0.15) is 0 Å². The molecule has 1 N–H and O–H groups in total. The minimum Gasteiger partial charge on any atom is -0.488 e. The summed E-state index contributed by atoms with van der Waals surface area (Å²) in [6, 6.07) is 16.5. The number of hydrogen-bond donors (Lipinski definition) is 1. The highest BCUT2D eigenvalue weighted by molar-refractivity contribution is 5.56. The molecule has 0 radical (unpaired) electrons. The SMILES string of the molecule is CC=Cc1ccccc1OCc1ccccc1CNCC. The van der Waals surface area contributed by atoms with Crippen LogP contribution in [-0.4, -0.2) is 6.54 Å². The van der Waals surface area contributed by atoms with E-state index in [1.807, 2.05) is 31.2 Å². The molecule has 0 heterocycles. The van der Waals surface area contributed by atoms with Crippen LogP contribution in [0.5, 0.6) is 5.75 Å². The van der Waals surface area contributed by atoms with Crippen molar-refractivity contribution >= 4 is 6.08 Å². The Hall–Kier alpha value is -2.06. The van der Waals surface area contributed by atoms with Crippen LogP contribution < -0.4 is 10.1 Å². The van der Waals surface area contributed by atoms with Crippen LogP contribution in [0.15, 0.2) is 54.6 Å². The van der Waals surface area contributed by atoms with E-state index in [0.717, 1.165) is 24.4 Å². The summed E-state index contributed by atoms with van der Waals surface area (Å²) < 4.78 is 6.02. The van der Waals surface area contributed by atoms with Gasteiger partial charge in [-0.15, -0.1) is 0 Å². The Balaban J connectivity index is 2.10. The van der Waals surface area contributed by atoms with Gasteiger partial charge in [0.1, 0.15) is 12.4 Å². The van der Waals surface area contributed by atoms with Gasteiger partial charge in [-0.1, -0.05) is 61.5 Å². The van der Waals surface area contributed by atoms with Crippen molar-refractivity contribution in [2.75, 3.05) is 6.54 Å². The Kier molecular flexibility index (Phi) is 6.04. The second-order valence-electron chi connectivity index (χ2n) is 4.88. The largest absolute Gasteiger partial charge is 0.488 e. The zero-order valence-corrected chi connectivity index (χ0v) is 12.8. The van der Waals surface area contributed by atoms with Crippen molar-refractivity contribution in [1.29, 1.82) is 0 Å². The first-order valence-electron chi connectivity index (χ1n) is 7.47. The maximum absolute atomic E-state index is 6.02. The molecule has 0 unspecified atom stereocenters. The monoisotopic (exact) mass is 281 g/mol. The summed E-state index contributed by atoms with van der Waals surface area (Å²) in [5.41, 5.74) is 3.64. The van der Waals surface area contributed by atoms with E-state index in [2.05, 4.69) is 48.6 Å². The first-order valence-corrected chi connectivity index (χ1v) is 7.47. The number of ether oxygens (including phenoxy) is 1. The quantitative estimate of drug-likeness (QED) is 0.811. The predicted octanol–water partition coefficient (Wildman–Crippen LogP) is 4.41. The molecule has 0 spiro atoms. The van der Waals surface area contributed by atoms with E-state index in [1.165, 1.54) is 11.1 Å². The van der Waals surface area contributed by atoms with Gasteiger partial charge in [-0.25, -0.2) is 0 Å². The number of benzene rings is 2. The van der Waals surface area contributed by atoms with E-state index in [1.54, 1.807) is 0 Å². The number of para-hydroxylation sites is 1. The first kappa shape index (κ1) is 15.3. The molecule has 2 aromatic carbocycles. The van der Waals surface area contributed by atoms with Crippen LogP contribution in [0, 0.1) is 0 Å². The van der Waals surface area contributed by atoms with Gasteiger partial charge in [0.15, 0.2) is 0 Å². The highest BCUT2D eigenvalue weighted by Crippen LogP contribution is 2.21. The molecular weight excluding hydrogens is 258 g/mol. The van der Waals surface area contributed by atoms with Crippen molar-refractivity contribution in [3.8, 4) is 5.75 Å². The van der Waals surface area contributed by atoms with E-state index < -0.39 is 0 Å². The van der Waals surface area contributed by atoms with Gasteiger partial charge in [0, 0.05) is 12.1 Å². The fraction of sp³-hybridized carbons (Fsp3) is 0.263. The molecule has 0 aliphatic heterocycles. The normalized spacial score (nSPS) is 11.0. The van der Waals surface area contributed by atoms with Crippen LogP contribution >= 0.6 is 0 Å². The third kappa shape index (κ3) is 4.47. The Morgan fingerprint density at radius 1 is 1.00 bits per heavy atom. The Morgan fingerprint density at radius 3 is 2.48 bits per heavy atom. The zero-order valence-electron chi connectivity index (χ0n) is 12.8. The highest BCUT2D eigenvalue weighted by atomic mass is 16.5. The fourth-order valence-corrected chi connectivity index (χ4v) is 2.22. The molecule has 0 aliphatic rings. The van der Waals surface area contributed by atoms with Gasteiger partial charge in [-0.3, -0.25) is 0 Å². The molecule has 21 heavy (non-hydrogen) atoms. The molecule has 0 amide bonds. The molecule has 2 rings (SSSR count). The van der Waals surface area contributed by atoms with Gasteiger partial charge in [-0.05, 0) is 30.7 Å². The molecule has 0 aromatic heterocycles. The lowest BCUT2D eigenvalue weighted by atomic mass is 10.1. The van der Waals surface area contributed by atoms with E-state index in [9.17, 15) is 0 Å². The standard InChI is InChI=1S/C19H23NO/c1-3-9-16-10-7-8-13-19(16)21-15-18-12-6-5-11-17(18)14-20-4-2/h3,5-13,20H,4,14-15H2,1-2H3. The van der Waals surface area contributed by atoms with Crippen LogP contribution in [-0.2, 0) is 13.2 Å². The lowest BCUT2D eigenvalue weighted by molar-refractivity contribution is 0.304. The third-order valence-corrected chi connectivity index (χ3v) is 3.33. The summed E-state index contributed by atoms with van der Waals surface area (Å²) >= 11 is 0. The van der Waals surface area contributed by atoms with Crippen LogP contribution in [0.1, 0.15) is 30.5 Å². The second-order valence-corrected chi connectivity index (χ2v) is 4.88. The minimum absolute atomic E-state index is 0.593. The summed E-state index contributed by atoms with van der Waals surface area (Å²) in [5, 5.41) is 3.37. The number of allylic oxidation sites excluding steroid dienone is 1. The molecular formula is C19H23NO. The fourth-order valence-electron chi connectivity index (χ4n) is 2.22. The molecule has 0 saturated carbocycles. The maximum Gasteiger partial charge on any atom is 0.127 e. The molecule has 2 heteroatoms. The third-order valence-electron chi connectivity index (χ3n) is 3.33. The van der Waals surface area contributed by atoms with Crippen molar-refractivity contribution in [3.05, 3.63) is 71.3 Å². The Morgan fingerprint density at radius 2 is 1.71 bits per heavy atom. The molecule has 110 valence electrons. The number of nitrogens with one attached hydrogen (secondary N) is 1. The molecule has 0 fully saturated rings. The second kappa shape index (κ2) is 8.28. The van der Waals surface area contributed by atoms with Gasteiger partial charge >= 0.3 is 0 Å². The summed E-state index contributed by atoms with van der Waals surface area (Å²) in [6.45, 7) is 6.58. The van der Waals surface area contributed by atoms with Crippen LogP contribution in [0.25, 0.3) is 6.08 Å². The predicted molar refractivity (Wildman–Crippen MR) is 89.3 cm³/mol. The van der Waals surface area contributed by atoms with Crippen LogP contribution in [0.2, 0.25) is 0 Å². The minimum atomic E-state index is 0.593. The van der Waals surface area contributed by atoms with Crippen molar-refractivity contribution in [3.63, 3.8) is 0 Å². The molecule has 2 aromatic rings. The summed E-state index contributed by atoms with van der Waals surface area (Å²) in [6.07, 6.45) is 4.10. The average Bonchev–Trinajstić information content (AvgIpc) is 2.53. The van der Waals surface area contributed by atoms with E-state index in [0.29, 0.717) is 6.61 Å². The summed E-state index contributed by atoms with van der Waals surface area (Å²) in [7, 11) is 0. The smallest absolute Gasteiger partial charge is 0.127 e. The van der Waals surface area contributed by atoms with E-state index >= 15 is 0 Å². The topological polar surface area (TPSA) is 21.3 Å². The van der Waals surface area contributed by atoms with Crippen LogP contribution in [0.3, 0.4) is 0 Å². The van der Waals surface area contributed by atoms with Crippen molar-refractivity contribution < 1.29 is 4.74 Å². The van der Waals surface area contributed by atoms with Gasteiger partial charge in [0.25, 0.3) is 0 Å². The zero-order chi connectivity index (χ0) is 14.9. The van der Waals surface area contributed by atoms with Crippen molar-refractivity contribution in [2.24, 2.45) is 0 Å². The first-order chi connectivity index (χ1) is 10.3. The van der Waals surface area contributed by atoms with Gasteiger partial charge in [0.2, 0.25) is 0 Å². The Labute approximate surface area is 127 Å². The molecule has 0 saturated heterocycles. The lowest BCUT2D eigenvalue weighted by Crippen LogP contribution is -2.14. The highest BCUT2D eigenvalue weighted by Gasteiger charge is 2.04. The van der Waals surface area contributed by atoms with E-state index in [4.69, 9.17) is 4.74 Å². The van der Waals surface area contributed by atoms with Crippen LogP contribution in [0.4, 0.5) is 0 Å². The molecule has 2 nitrogen and oxygen atoms in total. The van der Waals surface area contributed by atoms with Crippen molar-refractivity contribution in [1.82, 2.24) is 5.32 Å². The molecule has 0 atom stereocenters. The van der Waals surface area contributed by atoms with Gasteiger partial charge < -0.3 is 10.1 Å². The molecule has 0 aliphatic carbocycles. The number of hydrogen-bond acceptors (Lipinski definition) is 2. The van der Waals surface area contributed by atoms with Crippen molar-refractivity contribution in [2.45, 2.75) is 27.0 Å². The lowest BCUT2D eigenvalue weighted by Gasteiger charge is -2.13.